The fourth-order valence-electron chi connectivity index (χ4n) is 2.41. The molecule has 0 aliphatic rings. The lowest BCUT2D eigenvalue weighted by molar-refractivity contribution is 0.0926. The van der Waals surface area contributed by atoms with Gasteiger partial charge in [0.25, 0.3) is 0 Å². The minimum absolute atomic E-state index is 0.196. The average Bonchev–Trinajstić information content (AvgIpc) is 2.70. The Labute approximate surface area is 168 Å². The second-order valence-electron chi connectivity index (χ2n) is 6.90. The van der Waals surface area contributed by atoms with Crippen molar-refractivity contribution in [3.63, 3.8) is 0 Å². The molecule has 0 radical (unpaired) electrons. The Morgan fingerprint density at radius 2 is 1.18 bits per heavy atom. The highest BCUT2D eigenvalue weighted by Crippen LogP contribution is 2.24. The van der Waals surface area contributed by atoms with Gasteiger partial charge in [-0.2, -0.15) is 0 Å². The number of rotatable bonds is 9. The van der Waals surface area contributed by atoms with Gasteiger partial charge in [0.2, 0.25) is 11.5 Å². The molecule has 0 fully saturated rings. The lowest BCUT2D eigenvalue weighted by Gasteiger charge is -2.16. The monoisotopic (exact) mass is 376 g/mol. The number of ketones is 1. The summed E-state index contributed by atoms with van der Waals surface area (Å²) in [6.07, 6.45) is 3.92. The molecule has 28 heavy (non-hydrogen) atoms. The first kappa shape index (κ1) is 21.2. The molecule has 0 saturated heterocycles. The molecule has 0 saturated carbocycles. The van der Waals surface area contributed by atoms with Crippen LogP contribution in [0.5, 0.6) is 0 Å². The van der Waals surface area contributed by atoms with E-state index in [-0.39, 0.29) is 11.5 Å². The van der Waals surface area contributed by atoms with Crippen LogP contribution in [0, 0.1) is 0 Å². The number of ether oxygens (including phenoxy) is 2. The van der Waals surface area contributed by atoms with E-state index in [1.165, 1.54) is 0 Å². The Balaban J connectivity index is 2.51. The SMILES string of the molecule is CC(C)=CCOC(C(=O)c1ccccc1)=C(OCC=C(C)C)c1ccccc1. The largest absolute Gasteiger partial charge is 0.485 e. The number of carbonyl (C=O) groups is 1. The van der Waals surface area contributed by atoms with Gasteiger partial charge in [-0.15, -0.1) is 0 Å². The van der Waals surface area contributed by atoms with Gasteiger partial charge in [0.1, 0.15) is 13.2 Å². The van der Waals surface area contributed by atoms with Gasteiger partial charge < -0.3 is 9.47 Å². The van der Waals surface area contributed by atoms with E-state index in [1.807, 2.05) is 88.4 Å². The van der Waals surface area contributed by atoms with Crippen LogP contribution in [0.25, 0.3) is 5.76 Å². The molecule has 3 heteroatoms. The van der Waals surface area contributed by atoms with Gasteiger partial charge in [0, 0.05) is 11.1 Å². The van der Waals surface area contributed by atoms with Gasteiger partial charge in [-0.1, -0.05) is 71.8 Å². The van der Waals surface area contributed by atoms with E-state index >= 15 is 0 Å². The molecule has 146 valence electrons. The van der Waals surface area contributed by atoms with Crippen molar-refractivity contribution in [1.29, 1.82) is 0 Å². The summed E-state index contributed by atoms with van der Waals surface area (Å²) in [4.78, 5) is 13.2. The fourth-order valence-corrected chi connectivity index (χ4v) is 2.41. The standard InChI is InChI=1S/C25H28O3/c1-19(2)15-17-27-24(22-13-9-6-10-14-22)25(28-18-16-20(3)4)23(26)21-11-7-5-8-12-21/h5-16H,17-18H2,1-4H3. The first-order chi connectivity index (χ1) is 13.5. The smallest absolute Gasteiger partial charge is 0.231 e. The Morgan fingerprint density at radius 3 is 1.68 bits per heavy atom. The van der Waals surface area contributed by atoms with Crippen LogP contribution in [-0.2, 0) is 9.47 Å². The second kappa shape index (κ2) is 10.9. The maximum atomic E-state index is 13.2. The van der Waals surface area contributed by atoms with Crippen molar-refractivity contribution in [2.75, 3.05) is 13.2 Å². The van der Waals surface area contributed by atoms with E-state index in [4.69, 9.17) is 9.47 Å². The Kier molecular flexibility index (Phi) is 8.29. The number of carbonyl (C=O) groups excluding carboxylic acids is 1. The Hall–Kier alpha value is -3.07. The van der Waals surface area contributed by atoms with Crippen molar-refractivity contribution in [2.45, 2.75) is 27.7 Å². The molecule has 2 aromatic carbocycles. The van der Waals surface area contributed by atoms with Crippen molar-refractivity contribution in [1.82, 2.24) is 0 Å². The maximum Gasteiger partial charge on any atom is 0.231 e. The molecule has 0 atom stereocenters. The van der Waals surface area contributed by atoms with Gasteiger partial charge >= 0.3 is 0 Å². The van der Waals surface area contributed by atoms with E-state index < -0.39 is 0 Å². The molecule has 0 aliphatic carbocycles. The van der Waals surface area contributed by atoms with Crippen LogP contribution in [0.4, 0.5) is 0 Å². The second-order valence-corrected chi connectivity index (χ2v) is 6.90. The third kappa shape index (κ3) is 6.58. The van der Waals surface area contributed by atoms with E-state index in [1.54, 1.807) is 12.1 Å². The van der Waals surface area contributed by atoms with E-state index in [2.05, 4.69) is 0 Å². The summed E-state index contributed by atoms with van der Waals surface area (Å²) in [7, 11) is 0. The third-order valence-corrected chi connectivity index (χ3v) is 3.92. The number of benzene rings is 2. The molecule has 0 aromatic heterocycles. The zero-order valence-electron chi connectivity index (χ0n) is 17.1. The van der Waals surface area contributed by atoms with Crippen molar-refractivity contribution >= 4 is 11.5 Å². The minimum Gasteiger partial charge on any atom is -0.485 e. The number of hydrogen-bond acceptors (Lipinski definition) is 3. The Morgan fingerprint density at radius 1 is 0.714 bits per heavy atom. The lowest BCUT2D eigenvalue weighted by atomic mass is 10.1. The van der Waals surface area contributed by atoms with Gasteiger partial charge in [-0.3, -0.25) is 4.79 Å². The number of Topliss-reactive ketones (excluding diaryl/α,β-unsaturated/α-hetero) is 1. The molecule has 0 aliphatic heterocycles. The quantitative estimate of drug-likeness (QED) is 0.226. The molecular formula is C25H28O3. The number of allylic oxidation sites excluding steroid dienone is 3. The van der Waals surface area contributed by atoms with Crippen molar-refractivity contribution in [3.05, 3.63) is 101 Å². The molecule has 0 spiro atoms. The fraction of sp³-hybridized carbons (Fsp3) is 0.240. The molecular weight excluding hydrogens is 348 g/mol. The van der Waals surface area contributed by atoms with Crippen LogP contribution >= 0.6 is 0 Å². The molecule has 2 aromatic rings. The topological polar surface area (TPSA) is 35.5 Å². The number of hydrogen-bond donors (Lipinski definition) is 0. The lowest BCUT2D eigenvalue weighted by Crippen LogP contribution is -2.12. The highest BCUT2D eigenvalue weighted by Gasteiger charge is 2.21. The summed E-state index contributed by atoms with van der Waals surface area (Å²) in [5.41, 5.74) is 3.64. The predicted octanol–water partition coefficient (Wildman–Crippen LogP) is 6.20. The van der Waals surface area contributed by atoms with Crippen LogP contribution in [0.1, 0.15) is 43.6 Å². The van der Waals surface area contributed by atoms with Gasteiger partial charge in [-0.25, -0.2) is 0 Å². The van der Waals surface area contributed by atoms with Gasteiger partial charge in [-0.05, 0) is 39.8 Å². The first-order valence-corrected chi connectivity index (χ1v) is 9.40. The molecule has 3 nitrogen and oxygen atoms in total. The summed E-state index contributed by atoms with van der Waals surface area (Å²) in [5.74, 6) is 0.477. The molecule has 0 heterocycles. The molecule has 0 bridgehead atoms. The van der Waals surface area contributed by atoms with Crippen LogP contribution in [-0.4, -0.2) is 19.0 Å². The van der Waals surface area contributed by atoms with Crippen LogP contribution in [0.15, 0.2) is 89.7 Å². The van der Waals surface area contributed by atoms with Crippen molar-refractivity contribution < 1.29 is 14.3 Å². The predicted molar refractivity (Wildman–Crippen MR) is 115 cm³/mol. The van der Waals surface area contributed by atoms with Crippen LogP contribution in [0.3, 0.4) is 0 Å². The van der Waals surface area contributed by atoms with E-state index in [0.29, 0.717) is 24.5 Å². The zero-order valence-corrected chi connectivity index (χ0v) is 17.1. The summed E-state index contributed by atoms with van der Waals surface area (Å²) < 4.78 is 12.0. The normalized spacial score (nSPS) is 11.1. The van der Waals surface area contributed by atoms with Crippen molar-refractivity contribution in [2.24, 2.45) is 0 Å². The molecule has 0 amide bonds. The van der Waals surface area contributed by atoms with E-state index in [9.17, 15) is 4.79 Å². The van der Waals surface area contributed by atoms with E-state index in [0.717, 1.165) is 16.7 Å². The highest BCUT2D eigenvalue weighted by molar-refractivity contribution is 6.11. The highest BCUT2D eigenvalue weighted by atomic mass is 16.5. The van der Waals surface area contributed by atoms with Gasteiger partial charge in [0.15, 0.2) is 5.76 Å². The first-order valence-electron chi connectivity index (χ1n) is 9.40. The average molecular weight is 376 g/mol. The summed E-state index contributed by atoms with van der Waals surface area (Å²) in [5, 5.41) is 0. The molecule has 0 unspecified atom stereocenters. The zero-order chi connectivity index (χ0) is 20.4. The summed E-state index contributed by atoms with van der Waals surface area (Å²) in [6.45, 7) is 8.68. The summed E-state index contributed by atoms with van der Waals surface area (Å²) >= 11 is 0. The molecule has 2 rings (SSSR count). The minimum atomic E-state index is -0.196. The third-order valence-electron chi connectivity index (χ3n) is 3.92. The molecule has 0 N–H and O–H groups in total. The Bertz CT molecular complexity index is 851. The van der Waals surface area contributed by atoms with Crippen LogP contribution in [0.2, 0.25) is 0 Å². The summed E-state index contributed by atoms with van der Waals surface area (Å²) in [6, 6.07) is 18.7. The van der Waals surface area contributed by atoms with Crippen LogP contribution < -0.4 is 0 Å². The maximum absolute atomic E-state index is 13.2. The van der Waals surface area contributed by atoms with Gasteiger partial charge in [0.05, 0.1) is 0 Å². The van der Waals surface area contributed by atoms with Crippen molar-refractivity contribution in [3.8, 4) is 0 Å².